The SMILES string of the molecule is CSCCN1C(=O)C2CCCN2C(=O)C1C(C)C. The van der Waals surface area contributed by atoms with E-state index in [0.717, 1.165) is 25.1 Å². The molecule has 2 saturated heterocycles. The number of nitrogens with zero attached hydrogens (tertiary/aromatic N) is 2. The van der Waals surface area contributed by atoms with E-state index in [1.54, 1.807) is 11.8 Å². The zero-order valence-electron chi connectivity index (χ0n) is 11.4. The molecule has 2 amide bonds. The van der Waals surface area contributed by atoms with Crippen LogP contribution in [0.25, 0.3) is 0 Å². The van der Waals surface area contributed by atoms with E-state index in [9.17, 15) is 9.59 Å². The lowest BCUT2D eigenvalue weighted by atomic mass is 9.96. The first-order chi connectivity index (χ1) is 8.57. The Hall–Kier alpha value is -0.710. The van der Waals surface area contributed by atoms with Crippen LogP contribution in [0.15, 0.2) is 0 Å². The minimum atomic E-state index is -0.251. The number of piperazine rings is 1. The van der Waals surface area contributed by atoms with Crippen molar-refractivity contribution >= 4 is 23.6 Å². The van der Waals surface area contributed by atoms with Crippen molar-refractivity contribution in [1.82, 2.24) is 9.80 Å². The molecule has 2 heterocycles. The van der Waals surface area contributed by atoms with Gasteiger partial charge < -0.3 is 9.80 Å². The number of hydrogen-bond donors (Lipinski definition) is 0. The molecule has 0 saturated carbocycles. The quantitative estimate of drug-likeness (QED) is 0.771. The number of carbonyl (C=O) groups is 2. The molecule has 4 nitrogen and oxygen atoms in total. The van der Waals surface area contributed by atoms with Crippen molar-refractivity contribution in [2.75, 3.05) is 25.1 Å². The summed E-state index contributed by atoms with van der Waals surface area (Å²) in [5.41, 5.74) is 0. The van der Waals surface area contributed by atoms with Gasteiger partial charge in [-0.25, -0.2) is 0 Å². The maximum absolute atomic E-state index is 12.5. The first-order valence-corrected chi connectivity index (χ1v) is 8.07. The minimum Gasteiger partial charge on any atom is -0.329 e. The van der Waals surface area contributed by atoms with E-state index in [1.165, 1.54) is 0 Å². The second-order valence-electron chi connectivity index (χ2n) is 5.40. The Morgan fingerprint density at radius 2 is 2.06 bits per heavy atom. The van der Waals surface area contributed by atoms with E-state index in [2.05, 4.69) is 0 Å². The Labute approximate surface area is 113 Å². The highest BCUT2D eigenvalue weighted by molar-refractivity contribution is 7.98. The molecule has 0 bridgehead atoms. The fraction of sp³-hybridized carbons (Fsp3) is 0.846. The monoisotopic (exact) mass is 270 g/mol. The molecule has 18 heavy (non-hydrogen) atoms. The highest BCUT2D eigenvalue weighted by atomic mass is 32.2. The predicted octanol–water partition coefficient (Wildman–Crippen LogP) is 1.21. The van der Waals surface area contributed by atoms with Crippen LogP contribution >= 0.6 is 11.8 Å². The van der Waals surface area contributed by atoms with Crippen LogP contribution in [0.2, 0.25) is 0 Å². The van der Waals surface area contributed by atoms with E-state index >= 15 is 0 Å². The summed E-state index contributed by atoms with van der Waals surface area (Å²) >= 11 is 1.72. The Balaban J connectivity index is 2.23. The number of hydrogen-bond acceptors (Lipinski definition) is 3. The molecule has 0 N–H and O–H groups in total. The molecule has 0 aromatic heterocycles. The third kappa shape index (κ3) is 2.25. The van der Waals surface area contributed by atoms with Crippen molar-refractivity contribution in [3.05, 3.63) is 0 Å². The van der Waals surface area contributed by atoms with Crippen molar-refractivity contribution in [2.45, 2.75) is 38.8 Å². The summed E-state index contributed by atoms with van der Waals surface area (Å²) in [5.74, 6) is 1.41. The molecule has 0 aromatic carbocycles. The molecule has 2 rings (SSSR count). The zero-order valence-corrected chi connectivity index (χ0v) is 12.2. The van der Waals surface area contributed by atoms with Gasteiger partial charge in [-0.3, -0.25) is 9.59 Å². The Morgan fingerprint density at radius 1 is 1.33 bits per heavy atom. The van der Waals surface area contributed by atoms with Gasteiger partial charge in [0.05, 0.1) is 0 Å². The van der Waals surface area contributed by atoms with Gasteiger partial charge in [0, 0.05) is 18.8 Å². The van der Waals surface area contributed by atoms with Crippen LogP contribution in [0.1, 0.15) is 26.7 Å². The van der Waals surface area contributed by atoms with Crippen LogP contribution in [-0.2, 0) is 9.59 Å². The van der Waals surface area contributed by atoms with Gasteiger partial charge in [0.25, 0.3) is 0 Å². The number of fused-ring (bicyclic) bond motifs is 1. The van der Waals surface area contributed by atoms with Crippen LogP contribution in [0.3, 0.4) is 0 Å². The smallest absolute Gasteiger partial charge is 0.246 e. The fourth-order valence-corrected chi connectivity index (χ4v) is 3.38. The van der Waals surface area contributed by atoms with Crippen molar-refractivity contribution in [3.8, 4) is 0 Å². The summed E-state index contributed by atoms with van der Waals surface area (Å²) in [5, 5.41) is 0. The lowest BCUT2D eigenvalue weighted by Gasteiger charge is -2.44. The molecule has 2 atom stereocenters. The number of carbonyl (C=O) groups excluding carboxylic acids is 2. The van der Waals surface area contributed by atoms with Gasteiger partial charge in [-0.2, -0.15) is 11.8 Å². The molecular weight excluding hydrogens is 248 g/mol. The molecule has 0 aliphatic carbocycles. The summed E-state index contributed by atoms with van der Waals surface area (Å²) in [6.07, 6.45) is 3.83. The first-order valence-electron chi connectivity index (χ1n) is 6.67. The largest absolute Gasteiger partial charge is 0.329 e. The summed E-state index contributed by atoms with van der Waals surface area (Å²) in [4.78, 5) is 28.6. The van der Waals surface area contributed by atoms with E-state index in [4.69, 9.17) is 0 Å². The topological polar surface area (TPSA) is 40.6 Å². The second-order valence-corrected chi connectivity index (χ2v) is 6.39. The molecule has 2 aliphatic rings. The van der Waals surface area contributed by atoms with Crippen LogP contribution < -0.4 is 0 Å². The van der Waals surface area contributed by atoms with Crippen LogP contribution in [0.4, 0.5) is 0 Å². The third-order valence-electron chi connectivity index (χ3n) is 3.86. The molecule has 0 spiro atoms. The molecule has 2 fully saturated rings. The predicted molar refractivity (Wildman–Crippen MR) is 73.5 cm³/mol. The average Bonchev–Trinajstić information content (AvgIpc) is 2.80. The van der Waals surface area contributed by atoms with Crippen LogP contribution in [-0.4, -0.2) is 58.8 Å². The fourth-order valence-electron chi connectivity index (χ4n) is 3.00. The molecule has 0 radical (unpaired) electrons. The summed E-state index contributed by atoms with van der Waals surface area (Å²) in [6.45, 7) is 5.50. The molecule has 2 unspecified atom stereocenters. The lowest BCUT2D eigenvalue weighted by molar-refractivity contribution is -0.161. The number of thioether (sulfide) groups is 1. The summed E-state index contributed by atoms with van der Waals surface area (Å²) in [7, 11) is 0. The number of rotatable bonds is 4. The standard InChI is InChI=1S/C13H22N2O2S/c1-9(2)11-13(17)14-6-4-5-10(14)12(16)15(11)7-8-18-3/h9-11H,4-8H2,1-3H3. The first kappa shape index (κ1) is 13.7. The third-order valence-corrected chi connectivity index (χ3v) is 4.45. The second kappa shape index (κ2) is 5.51. The van der Waals surface area contributed by atoms with Gasteiger partial charge in [0.1, 0.15) is 12.1 Å². The summed E-state index contributed by atoms with van der Waals surface area (Å²) < 4.78 is 0. The molecule has 102 valence electrons. The van der Waals surface area contributed by atoms with E-state index in [-0.39, 0.29) is 29.8 Å². The average molecular weight is 270 g/mol. The Bertz CT molecular complexity index is 346. The van der Waals surface area contributed by atoms with E-state index in [1.807, 2.05) is 29.9 Å². The Morgan fingerprint density at radius 3 is 2.67 bits per heavy atom. The van der Waals surface area contributed by atoms with Gasteiger partial charge >= 0.3 is 0 Å². The minimum absolute atomic E-state index is 0.160. The van der Waals surface area contributed by atoms with E-state index in [0.29, 0.717) is 6.54 Å². The lowest BCUT2D eigenvalue weighted by Crippen LogP contribution is -2.64. The van der Waals surface area contributed by atoms with Crippen molar-refractivity contribution < 1.29 is 9.59 Å². The van der Waals surface area contributed by atoms with Gasteiger partial charge in [-0.15, -0.1) is 0 Å². The molecular formula is C13H22N2O2S. The molecule has 5 heteroatoms. The van der Waals surface area contributed by atoms with Crippen LogP contribution in [0.5, 0.6) is 0 Å². The highest BCUT2D eigenvalue weighted by Gasteiger charge is 2.48. The highest BCUT2D eigenvalue weighted by Crippen LogP contribution is 2.29. The van der Waals surface area contributed by atoms with Gasteiger partial charge in [0.2, 0.25) is 11.8 Å². The molecule has 0 aromatic rings. The van der Waals surface area contributed by atoms with Crippen molar-refractivity contribution in [1.29, 1.82) is 0 Å². The van der Waals surface area contributed by atoms with Crippen molar-refractivity contribution in [2.24, 2.45) is 5.92 Å². The van der Waals surface area contributed by atoms with Crippen molar-refractivity contribution in [3.63, 3.8) is 0 Å². The summed E-state index contributed by atoms with van der Waals surface area (Å²) in [6, 6.07) is -0.423. The normalized spacial score (nSPS) is 28.2. The van der Waals surface area contributed by atoms with Gasteiger partial charge in [-0.05, 0) is 25.0 Å². The Kier molecular flexibility index (Phi) is 4.20. The van der Waals surface area contributed by atoms with E-state index < -0.39 is 0 Å². The maximum atomic E-state index is 12.5. The number of amides is 2. The van der Waals surface area contributed by atoms with Gasteiger partial charge in [0.15, 0.2) is 0 Å². The zero-order chi connectivity index (χ0) is 13.3. The van der Waals surface area contributed by atoms with Gasteiger partial charge in [-0.1, -0.05) is 13.8 Å². The molecule has 2 aliphatic heterocycles. The van der Waals surface area contributed by atoms with Crippen LogP contribution in [0, 0.1) is 5.92 Å². The maximum Gasteiger partial charge on any atom is 0.246 e.